The van der Waals surface area contributed by atoms with E-state index in [9.17, 15) is 4.79 Å². The Morgan fingerprint density at radius 3 is 2.70 bits per heavy atom. The molecular weight excluding hydrogens is 301 g/mol. The lowest BCUT2D eigenvalue weighted by molar-refractivity contribution is 0.102. The summed E-state index contributed by atoms with van der Waals surface area (Å²) >= 11 is 11.9. The molecule has 0 spiro atoms. The van der Waals surface area contributed by atoms with Crippen LogP contribution in [0.5, 0.6) is 11.5 Å². The quantitative estimate of drug-likeness (QED) is 0.913. The zero-order chi connectivity index (χ0) is 14.1. The number of ether oxygens (including phenoxy) is 2. The monoisotopic (exact) mass is 309 g/mol. The molecule has 0 saturated carbocycles. The van der Waals surface area contributed by atoms with Crippen molar-refractivity contribution in [3.8, 4) is 11.5 Å². The SMILES string of the molecule is O=C(Nc1ccc2c(c1)OCO2)c1cc(Cl)ccc1Cl. The summed E-state index contributed by atoms with van der Waals surface area (Å²) in [6, 6.07) is 9.88. The van der Waals surface area contributed by atoms with Crippen molar-refractivity contribution in [3.05, 3.63) is 52.0 Å². The summed E-state index contributed by atoms with van der Waals surface area (Å²) in [6.07, 6.45) is 0. The zero-order valence-corrected chi connectivity index (χ0v) is 11.7. The Labute approximate surface area is 125 Å². The summed E-state index contributed by atoms with van der Waals surface area (Å²) in [5, 5.41) is 3.53. The first-order valence-electron chi connectivity index (χ1n) is 5.79. The molecule has 0 saturated heterocycles. The number of amides is 1. The van der Waals surface area contributed by atoms with Crippen molar-refractivity contribution in [1.82, 2.24) is 0 Å². The number of fused-ring (bicyclic) bond motifs is 1. The first-order chi connectivity index (χ1) is 9.63. The van der Waals surface area contributed by atoms with E-state index in [0.29, 0.717) is 32.8 Å². The minimum Gasteiger partial charge on any atom is -0.454 e. The molecule has 0 atom stereocenters. The first-order valence-corrected chi connectivity index (χ1v) is 6.55. The Hall–Kier alpha value is -1.91. The van der Waals surface area contributed by atoms with Crippen LogP contribution in [0.3, 0.4) is 0 Å². The molecule has 0 aliphatic carbocycles. The molecule has 0 aromatic heterocycles. The van der Waals surface area contributed by atoms with Crippen LogP contribution in [0.4, 0.5) is 5.69 Å². The molecule has 1 aliphatic heterocycles. The lowest BCUT2D eigenvalue weighted by atomic mass is 10.2. The van der Waals surface area contributed by atoms with Crippen LogP contribution in [0.1, 0.15) is 10.4 Å². The number of carbonyl (C=O) groups is 1. The third-order valence-electron chi connectivity index (χ3n) is 2.80. The Balaban J connectivity index is 1.84. The molecule has 4 nitrogen and oxygen atoms in total. The van der Waals surface area contributed by atoms with Crippen LogP contribution < -0.4 is 14.8 Å². The molecule has 0 unspecified atom stereocenters. The van der Waals surface area contributed by atoms with Gasteiger partial charge in [-0.1, -0.05) is 23.2 Å². The number of carbonyl (C=O) groups excluding carboxylic acids is 1. The Morgan fingerprint density at radius 2 is 1.85 bits per heavy atom. The predicted octanol–water partition coefficient (Wildman–Crippen LogP) is 3.97. The number of rotatable bonds is 2. The molecule has 0 radical (unpaired) electrons. The van der Waals surface area contributed by atoms with E-state index in [1.807, 2.05) is 0 Å². The fraction of sp³-hybridized carbons (Fsp3) is 0.0714. The van der Waals surface area contributed by atoms with Crippen LogP contribution in [-0.4, -0.2) is 12.7 Å². The van der Waals surface area contributed by atoms with Crippen LogP contribution in [0.2, 0.25) is 10.0 Å². The normalized spacial score (nSPS) is 12.3. The number of hydrogen-bond acceptors (Lipinski definition) is 3. The molecule has 2 aromatic rings. The van der Waals surface area contributed by atoms with Crippen LogP contribution in [-0.2, 0) is 0 Å². The maximum absolute atomic E-state index is 12.2. The number of anilines is 1. The van der Waals surface area contributed by atoms with E-state index < -0.39 is 0 Å². The number of benzene rings is 2. The van der Waals surface area contributed by atoms with Gasteiger partial charge in [0.05, 0.1) is 10.6 Å². The molecular formula is C14H9Cl2NO3. The molecule has 102 valence electrons. The van der Waals surface area contributed by atoms with Crippen molar-refractivity contribution in [1.29, 1.82) is 0 Å². The van der Waals surface area contributed by atoms with Crippen molar-refractivity contribution >= 4 is 34.8 Å². The maximum Gasteiger partial charge on any atom is 0.257 e. The van der Waals surface area contributed by atoms with E-state index in [2.05, 4.69) is 5.32 Å². The number of nitrogens with one attached hydrogen (secondary N) is 1. The van der Waals surface area contributed by atoms with Gasteiger partial charge < -0.3 is 14.8 Å². The van der Waals surface area contributed by atoms with Gasteiger partial charge in [-0.25, -0.2) is 0 Å². The zero-order valence-electron chi connectivity index (χ0n) is 10.2. The Kier molecular flexibility index (Phi) is 3.42. The Bertz CT molecular complexity index is 688. The smallest absolute Gasteiger partial charge is 0.257 e. The van der Waals surface area contributed by atoms with E-state index >= 15 is 0 Å². The molecule has 20 heavy (non-hydrogen) atoms. The first kappa shape index (κ1) is 13.1. The highest BCUT2D eigenvalue weighted by molar-refractivity contribution is 6.36. The molecule has 1 heterocycles. The summed E-state index contributed by atoms with van der Waals surface area (Å²) in [4.78, 5) is 12.2. The Morgan fingerprint density at radius 1 is 1.05 bits per heavy atom. The molecule has 2 aromatic carbocycles. The lowest BCUT2D eigenvalue weighted by Crippen LogP contribution is -2.12. The van der Waals surface area contributed by atoms with Gasteiger partial charge in [-0.2, -0.15) is 0 Å². The average Bonchev–Trinajstić information content (AvgIpc) is 2.89. The highest BCUT2D eigenvalue weighted by Crippen LogP contribution is 2.34. The van der Waals surface area contributed by atoms with E-state index in [4.69, 9.17) is 32.7 Å². The van der Waals surface area contributed by atoms with Crippen molar-refractivity contribution in [2.24, 2.45) is 0 Å². The average molecular weight is 310 g/mol. The van der Waals surface area contributed by atoms with Crippen molar-refractivity contribution < 1.29 is 14.3 Å². The molecule has 1 aliphatic rings. The van der Waals surface area contributed by atoms with Crippen LogP contribution in [0.25, 0.3) is 0 Å². The van der Waals surface area contributed by atoms with Crippen molar-refractivity contribution in [2.75, 3.05) is 12.1 Å². The third kappa shape index (κ3) is 2.53. The van der Waals surface area contributed by atoms with Gasteiger partial charge >= 0.3 is 0 Å². The summed E-state index contributed by atoms with van der Waals surface area (Å²) in [7, 11) is 0. The number of halogens is 2. The topological polar surface area (TPSA) is 47.6 Å². The standard InChI is InChI=1S/C14H9Cl2NO3/c15-8-1-3-11(16)10(5-8)14(18)17-9-2-4-12-13(6-9)20-7-19-12/h1-6H,7H2,(H,17,18). The highest BCUT2D eigenvalue weighted by atomic mass is 35.5. The van der Waals surface area contributed by atoms with Gasteiger partial charge in [0.1, 0.15) is 0 Å². The summed E-state index contributed by atoms with van der Waals surface area (Å²) in [5.74, 6) is 0.917. The van der Waals surface area contributed by atoms with Gasteiger partial charge in [0.25, 0.3) is 5.91 Å². The van der Waals surface area contributed by atoms with Gasteiger partial charge in [0, 0.05) is 16.8 Å². The minimum absolute atomic E-state index is 0.187. The fourth-order valence-corrected chi connectivity index (χ4v) is 2.22. The second-order valence-corrected chi connectivity index (χ2v) is 4.99. The molecule has 1 N–H and O–H groups in total. The summed E-state index contributed by atoms with van der Waals surface area (Å²) in [5.41, 5.74) is 0.909. The van der Waals surface area contributed by atoms with E-state index in [1.54, 1.807) is 30.3 Å². The molecule has 3 rings (SSSR count). The maximum atomic E-state index is 12.2. The summed E-state index contributed by atoms with van der Waals surface area (Å²) < 4.78 is 10.5. The van der Waals surface area contributed by atoms with Crippen LogP contribution in [0.15, 0.2) is 36.4 Å². The van der Waals surface area contributed by atoms with Crippen molar-refractivity contribution in [2.45, 2.75) is 0 Å². The van der Waals surface area contributed by atoms with Crippen LogP contribution >= 0.6 is 23.2 Å². The second kappa shape index (κ2) is 5.23. The van der Waals surface area contributed by atoms with E-state index in [0.717, 1.165) is 0 Å². The third-order valence-corrected chi connectivity index (χ3v) is 3.37. The predicted molar refractivity (Wildman–Crippen MR) is 77.0 cm³/mol. The number of hydrogen-bond donors (Lipinski definition) is 1. The van der Waals surface area contributed by atoms with E-state index in [-0.39, 0.29) is 12.7 Å². The van der Waals surface area contributed by atoms with Gasteiger partial charge in [0.2, 0.25) is 6.79 Å². The fourth-order valence-electron chi connectivity index (χ4n) is 1.84. The van der Waals surface area contributed by atoms with Gasteiger partial charge in [0.15, 0.2) is 11.5 Å². The van der Waals surface area contributed by atoms with E-state index in [1.165, 1.54) is 6.07 Å². The van der Waals surface area contributed by atoms with Gasteiger partial charge in [-0.05, 0) is 30.3 Å². The minimum atomic E-state index is -0.337. The molecule has 6 heteroatoms. The van der Waals surface area contributed by atoms with Crippen LogP contribution in [0, 0.1) is 0 Å². The lowest BCUT2D eigenvalue weighted by Gasteiger charge is -2.08. The largest absolute Gasteiger partial charge is 0.454 e. The van der Waals surface area contributed by atoms with Gasteiger partial charge in [-0.3, -0.25) is 4.79 Å². The van der Waals surface area contributed by atoms with Crippen molar-refractivity contribution in [3.63, 3.8) is 0 Å². The molecule has 0 bridgehead atoms. The molecule has 0 fully saturated rings. The van der Waals surface area contributed by atoms with Gasteiger partial charge in [-0.15, -0.1) is 0 Å². The summed E-state index contributed by atoms with van der Waals surface area (Å²) in [6.45, 7) is 0.187. The second-order valence-electron chi connectivity index (χ2n) is 4.15. The highest BCUT2D eigenvalue weighted by Gasteiger charge is 2.16. The molecule has 1 amide bonds.